The minimum atomic E-state index is -3.43. The molecule has 0 aromatic carbocycles. The van der Waals surface area contributed by atoms with Gasteiger partial charge in [-0.3, -0.25) is 4.79 Å². The fourth-order valence-corrected chi connectivity index (χ4v) is 1.99. The monoisotopic (exact) mass is 238 g/mol. The van der Waals surface area contributed by atoms with Crippen LogP contribution in [-0.4, -0.2) is 57.3 Å². The van der Waals surface area contributed by atoms with Crippen LogP contribution in [-0.2, 0) is 19.7 Å². The quantitative estimate of drug-likeness (QED) is 0.595. The Kier molecular flexibility index (Phi) is 5.77. The smallest absolute Gasteiger partial charge is 0.306 e. The third kappa shape index (κ3) is 4.15. The summed E-state index contributed by atoms with van der Waals surface area (Å²) >= 11 is 0. The van der Waals surface area contributed by atoms with Gasteiger partial charge in [0.05, 0.1) is 13.5 Å². The summed E-state index contributed by atoms with van der Waals surface area (Å²) in [6.45, 7) is 2.26. The molecule has 0 aromatic heterocycles. The van der Waals surface area contributed by atoms with Gasteiger partial charge in [0, 0.05) is 27.2 Å². The van der Waals surface area contributed by atoms with Crippen molar-refractivity contribution >= 4 is 16.2 Å². The van der Waals surface area contributed by atoms with Crippen LogP contribution < -0.4 is 0 Å². The molecule has 0 rings (SSSR count). The molecule has 0 spiro atoms. The number of hydrogen-bond donors (Lipinski definition) is 0. The molecule has 15 heavy (non-hydrogen) atoms. The van der Waals surface area contributed by atoms with Crippen molar-refractivity contribution < 1.29 is 17.9 Å². The van der Waals surface area contributed by atoms with Gasteiger partial charge in [-0.1, -0.05) is 6.92 Å². The molecule has 0 fully saturated rings. The van der Waals surface area contributed by atoms with E-state index in [0.717, 1.165) is 4.31 Å². The number of carbonyl (C=O) groups excluding carboxylic acids is 1. The van der Waals surface area contributed by atoms with Crippen LogP contribution in [0.5, 0.6) is 0 Å². The van der Waals surface area contributed by atoms with Crippen molar-refractivity contribution in [3.05, 3.63) is 0 Å². The van der Waals surface area contributed by atoms with Crippen LogP contribution in [0.1, 0.15) is 13.3 Å². The molecule has 7 heteroatoms. The summed E-state index contributed by atoms with van der Waals surface area (Å²) in [6, 6.07) is 0. The summed E-state index contributed by atoms with van der Waals surface area (Å²) < 4.78 is 30.1. The van der Waals surface area contributed by atoms with Gasteiger partial charge in [0.15, 0.2) is 0 Å². The second kappa shape index (κ2) is 6.04. The van der Waals surface area contributed by atoms with Crippen molar-refractivity contribution in [3.63, 3.8) is 0 Å². The lowest BCUT2D eigenvalue weighted by Gasteiger charge is -2.22. The Morgan fingerprint density at radius 2 is 1.80 bits per heavy atom. The number of hydrogen-bond acceptors (Lipinski definition) is 4. The van der Waals surface area contributed by atoms with Crippen LogP contribution >= 0.6 is 0 Å². The highest BCUT2D eigenvalue weighted by Crippen LogP contribution is 2.04. The van der Waals surface area contributed by atoms with Gasteiger partial charge in [-0.15, -0.1) is 0 Å². The highest BCUT2D eigenvalue weighted by Gasteiger charge is 2.22. The zero-order valence-corrected chi connectivity index (χ0v) is 10.4. The maximum atomic E-state index is 11.7. The van der Waals surface area contributed by atoms with Gasteiger partial charge in [0.2, 0.25) is 0 Å². The first-order valence-electron chi connectivity index (χ1n) is 4.60. The van der Waals surface area contributed by atoms with E-state index >= 15 is 0 Å². The summed E-state index contributed by atoms with van der Waals surface area (Å²) in [5.41, 5.74) is 0. The zero-order chi connectivity index (χ0) is 12.1. The van der Waals surface area contributed by atoms with E-state index in [9.17, 15) is 13.2 Å². The highest BCUT2D eigenvalue weighted by molar-refractivity contribution is 7.86. The van der Waals surface area contributed by atoms with Crippen LogP contribution in [0.4, 0.5) is 0 Å². The molecular weight excluding hydrogens is 220 g/mol. The molecule has 0 atom stereocenters. The fourth-order valence-electron chi connectivity index (χ4n) is 0.867. The number of rotatable bonds is 6. The zero-order valence-electron chi connectivity index (χ0n) is 9.56. The molecular formula is C8H18N2O4S. The SMILES string of the molecule is CCN(C)S(=O)(=O)N(C)CCC(=O)OC. The molecule has 6 nitrogen and oxygen atoms in total. The average molecular weight is 238 g/mol. The first-order chi connectivity index (χ1) is 6.86. The lowest BCUT2D eigenvalue weighted by Crippen LogP contribution is -2.40. The number of carbonyl (C=O) groups is 1. The van der Waals surface area contributed by atoms with Gasteiger partial charge in [-0.05, 0) is 0 Å². The van der Waals surface area contributed by atoms with Gasteiger partial charge in [-0.25, -0.2) is 0 Å². The molecule has 0 aliphatic heterocycles. The maximum absolute atomic E-state index is 11.7. The van der Waals surface area contributed by atoms with Gasteiger partial charge < -0.3 is 4.74 Å². The molecule has 0 heterocycles. The van der Waals surface area contributed by atoms with Crippen LogP contribution in [0.2, 0.25) is 0 Å². The van der Waals surface area contributed by atoms with Gasteiger partial charge in [-0.2, -0.15) is 17.0 Å². The Hall–Kier alpha value is -0.660. The molecule has 0 aliphatic rings. The largest absolute Gasteiger partial charge is 0.469 e. The fraction of sp³-hybridized carbons (Fsp3) is 0.875. The Balaban J connectivity index is 4.32. The molecule has 0 radical (unpaired) electrons. The first kappa shape index (κ1) is 14.3. The molecule has 0 aliphatic carbocycles. The van der Waals surface area contributed by atoms with E-state index in [0.29, 0.717) is 6.54 Å². The number of methoxy groups -OCH3 is 1. The summed E-state index contributed by atoms with van der Waals surface area (Å²) in [5, 5.41) is 0. The maximum Gasteiger partial charge on any atom is 0.306 e. The predicted octanol–water partition coefficient (Wildman–Crippen LogP) is -0.322. The van der Waals surface area contributed by atoms with E-state index < -0.39 is 16.2 Å². The lowest BCUT2D eigenvalue weighted by molar-refractivity contribution is -0.140. The van der Waals surface area contributed by atoms with Crippen molar-refractivity contribution in [1.82, 2.24) is 8.61 Å². The summed E-state index contributed by atoms with van der Waals surface area (Å²) in [7, 11) is 0.764. The number of nitrogens with zero attached hydrogens (tertiary/aromatic N) is 2. The van der Waals surface area contributed by atoms with E-state index in [1.807, 2.05) is 0 Å². The Bertz CT molecular complexity index is 302. The predicted molar refractivity (Wildman–Crippen MR) is 56.5 cm³/mol. The van der Waals surface area contributed by atoms with E-state index in [-0.39, 0.29) is 13.0 Å². The van der Waals surface area contributed by atoms with Gasteiger partial charge in [0.25, 0.3) is 10.2 Å². The molecule has 0 N–H and O–H groups in total. The number of ether oxygens (including phenoxy) is 1. The standard InChI is InChI=1S/C8H18N2O4S/c1-5-9(2)15(12,13)10(3)7-6-8(11)14-4/h5-7H2,1-4H3. The van der Waals surface area contributed by atoms with Gasteiger partial charge in [0.1, 0.15) is 0 Å². The van der Waals surface area contributed by atoms with Crippen LogP contribution in [0.3, 0.4) is 0 Å². The Morgan fingerprint density at radius 1 is 1.27 bits per heavy atom. The van der Waals surface area contributed by atoms with E-state index in [1.165, 1.54) is 25.5 Å². The Labute approximate surface area is 91.0 Å². The molecule has 0 amide bonds. The molecule has 0 unspecified atom stereocenters. The van der Waals surface area contributed by atoms with Crippen molar-refractivity contribution in [2.45, 2.75) is 13.3 Å². The van der Waals surface area contributed by atoms with Crippen molar-refractivity contribution in [3.8, 4) is 0 Å². The molecule has 90 valence electrons. The topological polar surface area (TPSA) is 66.9 Å². The van der Waals surface area contributed by atoms with Crippen molar-refractivity contribution in [1.29, 1.82) is 0 Å². The Morgan fingerprint density at radius 3 is 2.20 bits per heavy atom. The lowest BCUT2D eigenvalue weighted by atomic mass is 10.4. The van der Waals surface area contributed by atoms with Crippen LogP contribution in [0, 0.1) is 0 Å². The van der Waals surface area contributed by atoms with Gasteiger partial charge >= 0.3 is 5.97 Å². The molecule has 0 saturated heterocycles. The summed E-state index contributed by atoms with van der Waals surface area (Å²) in [4.78, 5) is 10.8. The third-order valence-corrected chi connectivity index (χ3v) is 4.11. The first-order valence-corrected chi connectivity index (χ1v) is 6.00. The normalized spacial score (nSPS) is 12.1. The van der Waals surface area contributed by atoms with E-state index in [4.69, 9.17) is 0 Å². The highest BCUT2D eigenvalue weighted by atomic mass is 32.2. The van der Waals surface area contributed by atoms with Crippen molar-refractivity contribution in [2.75, 3.05) is 34.3 Å². The third-order valence-electron chi connectivity index (χ3n) is 2.09. The second-order valence-corrected chi connectivity index (χ2v) is 5.21. The summed E-state index contributed by atoms with van der Waals surface area (Å²) in [5.74, 6) is -0.420. The van der Waals surface area contributed by atoms with E-state index in [1.54, 1.807) is 6.92 Å². The molecule has 0 aromatic rings. The molecule has 0 bridgehead atoms. The minimum absolute atomic E-state index is 0.0593. The summed E-state index contributed by atoms with van der Waals surface area (Å²) in [6.07, 6.45) is 0.0593. The number of esters is 1. The molecule has 0 saturated carbocycles. The van der Waals surface area contributed by atoms with Crippen LogP contribution in [0.25, 0.3) is 0 Å². The van der Waals surface area contributed by atoms with Crippen LogP contribution in [0.15, 0.2) is 0 Å². The van der Waals surface area contributed by atoms with Crippen molar-refractivity contribution in [2.24, 2.45) is 0 Å². The average Bonchev–Trinajstić information content (AvgIpc) is 2.23. The van der Waals surface area contributed by atoms with E-state index in [2.05, 4.69) is 4.74 Å². The minimum Gasteiger partial charge on any atom is -0.469 e. The second-order valence-electron chi connectivity index (χ2n) is 3.07.